The Balaban J connectivity index is 1.89. The van der Waals surface area contributed by atoms with Crippen molar-refractivity contribution in [3.05, 3.63) is 64.7 Å². The van der Waals surface area contributed by atoms with Crippen LogP contribution < -0.4 is 19.5 Å². The first-order chi connectivity index (χ1) is 16.1. The second-order valence-electron chi connectivity index (χ2n) is 8.03. The van der Waals surface area contributed by atoms with Crippen molar-refractivity contribution in [3.63, 3.8) is 0 Å². The highest BCUT2D eigenvalue weighted by atomic mass is 35.5. The van der Waals surface area contributed by atoms with E-state index in [1.54, 1.807) is 21.0 Å². The van der Waals surface area contributed by atoms with Crippen molar-refractivity contribution >= 4 is 33.6 Å². The van der Waals surface area contributed by atoms with Gasteiger partial charge in [0.05, 0.1) is 12.9 Å². The Morgan fingerprint density at radius 1 is 1.12 bits per heavy atom. The molecule has 0 saturated heterocycles. The Kier molecular flexibility index (Phi) is 10.9. The quantitative estimate of drug-likeness (QED) is 0.425. The van der Waals surface area contributed by atoms with Gasteiger partial charge in [0.2, 0.25) is 15.9 Å². The van der Waals surface area contributed by atoms with Gasteiger partial charge in [-0.2, -0.15) is 0 Å². The molecular formula is C25H33ClN2O5S. The van der Waals surface area contributed by atoms with Crippen molar-refractivity contribution in [2.24, 2.45) is 5.92 Å². The van der Waals surface area contributed by atoms with E-state index in [1.165, 1.54) is 6.92 Å². The highest BCUT2D eigenvalue weighted by Gasteiger charge is 2.26. The van der Waals surface area contributed by atoms with E-state index in [0.717, 1.165) is 11.1 Å². The van der Waals surface area contributed by atoms with E-state index in [1.807, 2.05) is 54.6 Å². The van der Waals surface area contributed by atoms with Crippen molar-refractivity contribution in [3.8, 4) is 11.5 Å². The van der Waals surface area contributed by atoms with Crippen LogP contribution in [-0.4, -0.2) is 46.4 Å². The van der Waals surface area contributed by atoms with Crippen LogP contribution in [0.2, 0.25) is 5.02 Å². The molecule has 1 atom stereocenters. The van der Waals surface area contributed by atoms with Gasteiger partial charge in [-0.15, -0.1) is 0 Å². The van der Waals surface area contributed by atoms with Crippen LogP contribution >= 0.6 is 11.6 Å². The van der Waals surface area contributed by atoms with E-state index in [2.05, 4.69) is 10.0 Å². The van der Waals surface area contributed by atoms with Crippen molar-refractivity contribution < 1.29 is 22.7 Å². The third kappa shape index (κ3) is 9.00. The Hall–Kier alpha value is -2.55. The third-order valence-electron chi connectivity index (χ3n) is 5.09. The van der Waals surface area contributed by atoms with Gasteiger partial charge in [0.25, 0.3) is 0 Å². The second kappa shape index (κ2) is 13.4. The summed E-state index contributed by atoms with van der Waals surface area (Å²) in [6.45, 7) is 5.88. The summed E-state index contributed by atoms with van der Waals surface area (Å²) in [4.78, 5) is 12.5. The number of nitrogens with one attached hydrogen (secondary N) is 2. The van der Waals surface area contributed by atoms with Gasteiger partial charge in [0.1, 0.15) is 12.6 Å². The fourth-order valence-corrected chi connectivity index (χ4v) is 4.15. The number of benzene rings is 2. The first-order valence-electron chi connectivity index (χ1n) is 11.1. The molecule has 0 aliphatic heterocycles. The summed E-state index contributed by atoms with van der Waals surface area (Å²) in [5.74, 6) is 0.622. The zero-order valence-corrected chi connectivity index (χ0v) is 21.6. The Bertz CT molecular complexity index is 1070. The number of hydrogen-bond acceptors (Lipinski definition) is 5. The smallest absolute Gasteiger partial charge is 0.238 e. The predicted molar refractivity (Wildman–Crippen MR) is 137 cm³/mol. The van der Waals surface area contributed by atoms with E-state index in [4.69, 9.17) is 21.1 Å². The normalized spacial score (nSPS) is 12.6. The topological polar surface area (TPSA) is 93.7 Å². The summed E-state index contributed by atoms with van der Waals surface area (Å²) in [7, 11) is -1.90. The van der Waals surface area contributed by atoms with Crippen LogP contribution in [0.15, 0.2) is 48.5 Å². The number of amides is 1. The molecule has 7 nitrogen and oxygen atoms in total. The second-order valence-corrected chi connectivity index (χ2v) is 10.5. The number of rotatable bonds is 13. The summed E-state index contributed by atoms with van der Waals surface area (Å²) in [6, 6.07) is 12.3. The van der Waals surface area contributed by atoms with Crippen molar-refractivity contribution in [2.45, 2.75) is 33.2 Å². The van der Waals surface area contributed by atoms with Crippen LogP contribution in [-0.2, 0) is 21.2 Å². The number of halogens is 1. The van der Waals surface area contributed by atoms with Crippen LogP contribution in [0.5, 0.6) is 11.5 Å². The zero-order chi connectivity index (χ0) is 25.1. The molecule has 2 N–H and O–H groups in total. The van der Waals surface area contributed by atoms with Crippen LogP contribution in [0.4, 0.5) is 0 Å². The number of carbonyl (C=O) groups excluding carboxylic acids is 1. The molecular weight excluding hydrogens is 476 g/mol. The van der Waals surface area contributed by atoms with Crippen LogP contribution in [0, 0.1) is 5.92 Å². The molecule has 0 aromatic heterocycles. The van der Waals surface area contributed by atoms with Gasteiger partial charge in [-0.1, -0.05) is 49.7 Å². The number of ether oxygens (including phenoxy) is 2. The lowest BCUT2D eigenvalue weighted by Crippen LogP contribution is -2.50. The third-order valence-corrected chi connectivity index (χ3v) is 6.72. The minimum Gasteiger partial charge on any atom is -0.493 e. The molecule has 0 radical (unpaired) electrons. The molecule has 9 heteroatoms. The van der Waals surface area contributed by atoms with Gasteiger partial charge >= 0.3 is 0 Å². The molecule has 2 aromatic rings. The molecule has 0 saturated carbocycles. The minimum atomic E-state index is -3.48. The predicted octanol–water partition coefficient (Wildman–Crippen LogP) is 4.06. The lowest BCUT2D eigenvalue weighted by molar-refractivity contribution is -0.123. The monoisotopic (exact) mass is 508 g/mol. The molecule has 2 rings (SSSR count). The van der Waals surface area contributed by atoms with Gasteiger partial charge in [-0.3, -0.25) is 4.79 Å². The highest BCUT2D eigenvalue weighted by molar-refractivity contribution is 7.89. The SMILES string of the molecule is CCS(=O)(=O)N[C@H](C(=O)NCCc1ccc(OCC=Cc2ccc(Cl)cc2)c(OC)c1)C(C)C. The summed E-state index contributed by atoms with van der Waals surface area (Å²) in [5.41, 5.74) is 1.98. The summed E-state index contributed by atoms with van der Waals surface area (Å²) < 4.78 is 37.5. The average molecular weight is 509 g/mol. The van der Waals surface area contributed by atoms with Gasteiger partial charge < -0.3 is 14.8 Å². The number of methoxy groups -OCH3 is 1. The molecule has 0 unspecified atom stereocenters. The lowest BCUT2D eigenvalue weighted by Gasteiger charge is -2.21. The Labute approximate surface area is 207 Å². The molecule has 34 heavy (non-hydrogen) atoms. The average Bonchev–Trinajstić information content (AvgIpc) is 2.81. The number of sulfonamides is 1. The molecule has 1 amide bonds. The molecule has 0 heterocycles. The first kappa shape index (κ1) is 27.7. The molecule has 186 valence electrons. The zero-order valence-electron chi connectivity index (χ0n) is 20.0. The standard InChI is InChI=1S/C25H33ClN2O5S/c1-5-34(30,31)28-24(18(2)3)25(29)27-15-14-20-10-13-22(23(17-20)32-4)33-16-6-7-19-8-11-21(26)12-9-19/h6-13,17-18,24,28H,5,14-16H2,1-4H3,(H,27,29)/t24-/m0/s1. The van der Waals surface area contributed by atoms with Crippen LogP contribution in [0.25, 0.3) is 6.08 Å². The fourth-order valence-electron chi connectivity index (χ4n) is 3.09. The van der Waals surface area contributed by atoms with E-state index in [0.29, 0.717) is 36.1 Å². The summed E-state index contributed by atoms with van der Waals surface area (Å²) >= 11 is 5.89. The summed E-state index contributed by atoms with van der Waals surface area (Å²) in [6.07, 6.45) is 4.42. The maximum atomic E-state index is 12.5. The van der Waals surface area contributed by atoms with E-state index >= 15 is 0 Å². The molecule has 2 aromatic carbocycles. The largest absolute Gasteiger partial charge is 0.493 e. The minimum absolute atomic E-state index is 0.0748. The van der Waals surface area contributed by atoms with Gasteiger partial charge in [-0.05, 0) is 60.7 Å². The van der Waals surface area contributed by atoms with Crippen molar-refractivity contribution in [1.29, 1.82) is 0 Å². The van der Waals surface area contributed by atoms with Crippen molar-refractivity contribution in [2.75, 3.05) is 26.0 Å². The molecule has 0 spiro atoms. The summed E-state index contributed by atoms with van der Waals surface area (Å²) in [5, 5.41) is 3.51. The lowest BCUT2D eigenvalue weighted by atomic mass is 10.0. The molecule has 0 fully saturated rings. The van der Waals surface area contributed by atoms with Gasteiger partial charge in [-0.25, -0.2) is 13.1 Å². The van der Waals surface area contributed by atoms with E-state index in [-0.39, 0.29) is 17.6 Å². The van der Waals surface area contributed by atoms with Gasteiger partial charge in [0.15, 0.2) is 11.5 Å². The van der Waals surface area contributed by atoms with Crippen molar-refractivity contribution in [1.82, 2.24) is 10.0 Å². The molecule has 0 aliphatic rings. The maximum absolute atomic E-state index is 12.5. The van der Waals surface area contributed by atoms with Crippen LogP contribution in [0.3, 0.4) is 0 Å². The maximum Gasteiger partial charge on any atom is 0.238 e. The van der Waals surface area contributed by atoms with E-state index in [9.17, 15) is 13.2 Å². The van der Waals surface area contributed by atoms with Gasteiger partial charge in [0, 0.05) is 11.6 Å². The Morgan fingerprint density at radius 2 is 1.82 bits per heavy atom. The van der Waals surface area contributed by atoms with E-state index < -0.39 is 16.1 Å². The number of hydrogen-bond donors (Lipinski definition) is 2. The highest BCUT2D eigenvalue weighted by Crippen LogP contribution is 2.28. The van der Waals surface area contributed by atoms with Crippen LogP contribution in [0.1, 0.15) is 31.9 Å². The fraction of sp³-hybridized carbons (Fsp3) is 0.400. The Morgan fingerprint density at radius 3 is 2.44 bits per heavy atom. The molecule has 0 bridgehead atoms. The number of carbonyl (C=O) groups is 1. The first-order valence-corrected chi connectivity index (χ1v) is 13.2. The molecule has 0 aliphatic carbocycles.